The Kier molecular flexibility index (Phi) is 5.55. The van der Waals surface area contributed by atoms with E-state index in [2.05, 4.69) is 46.4 Å². The summed E-state index contributed by atoms with van der Waals surface area (Å²) in [5.41, 5.74) is 2.62. The van der Waals surface area contributed by atoms with E-state index in [-0.39, 0.29) is 12.4 Å². The molecule has 68 valence electrons. The van der Waals surface area contributed by atoms with Gasteiger partial charge < -0.3 is 5.32 Å². The van der Waals surface area contributed by atoms with Crippen molar-refractivity contribution >= 4 is 28.3 Å². The molecule has 0 saturated carbocycles. The lowest BCUT2D eigenvalue weighted by Gasteiger charge is -2.02. The van der Waals surface area contributed by atoms with Crippen LogP contribution in [0.15, 0.2) is 22.7 Å². The Morgan fingerprint density at radius 2 is 2.08 bits per heavy atom. The Morgan fingerprint density at radius 3 is 2.58 bits per heavy atom. The second kappa shape index (κ2) is 5.57. The number of halogens is 2. The molecule has 0 aliphatic rings. The molecule has 0 heterocycles. The van der Waals surface area contributed by atoms with Crippen LogP contribution < -0.4 is 5.32 Å². The smallest absolute Gasteiger partial charge is 0.0204 e. The monoisotopic (exact) mass is 249 g/mol. The van der Waals surface area contributed by atoms with Crippen LogP contribution >= 0.6 is 28.3 Å². The third-order valence-electron chi connectivity index (χ3n) is 1.60. The molecule has 0 aliphatic carbocycles. The zero-order chi connectivity index (χ0) is 8.27. The van der Waals surface area contributed by atoms with Gasteiger partial charge in [0.2, 0.25) is 0 Å². The molecule has 1 aromatic carbocycles. The van der Waals surface area contributed by atoms with Crippen LogP contribution in [0.2, 0.25) is 0 Å². The number of hydrogen-bond donors (Lipinski definition) is 1. The van der Waals surface area contributed by atoms with Gasteiger partial charge in [0.25, 0.3) is 0 Å². The van der Waals surface area contributed by atoms with Gasteiger partial charge in [-0.1, -0.05) is 28.1 Å². The van der Waals surface area contributed by atoms with Gasteiger partial charge in [-0.3, -0.25) is 0 Å². The number of nitrogens with one attached hydrogen (secondary N) is 1. The highest BCUT2D eigenvalue weighted by molar-refractivity contribution is 9.10. The lowest BCUT2D eigenvalue weighted by Crippen LogP contribution is -2.04. The molecule has 1 nitrogen and oxygen atoms in total. The van der Waals surface area contributed by atoms with Crippen LogP contribution in [0.1, 0.15) is 11.1 Å². The normalized spacial score (nSPS) is 9.25. The van der Waals surface area contributed by atoms with E-state index in [1.54, 1.807) is 0 Å². The van der Waals surface area contributed by atoms with Crippen LogP contribution in [-0.4, -0.2) is 7.05 Å². The zero-order valence-corrected chi connectivity index (χ0v) is 9.63. The van der Waals surface area contributed by atoms with E-state index in [9.17, 15) is 0 Å². The first-order valence-corrected chi connectivity index (χ1v) is 4.43. The van der Waals surface area contributed by atoms with Gasteiger partial charge in [0, 0.05) is 11.0 Å². The summed E-state index contributed by atoms with van der Waals surface area (Å²) in [5, 5.41) is 3.12. The third-order valence-corrected chi connectivity index (χ3v) is 2.49. The lowest BCUT2D eigenvalue weighted by molar-refractivity contribution is 0.817. The van der Waals surface area contributed by atoms with Gasteiger partial charge >= 0.3 is 0 Å². The minimum absolute atomic E-state index is 0. The maximum Gasteiger partial charge on any atom is 0.0204 e. The van der Waals surface area contributed by atoms with Crippen LogP contribution in [0, 0.1) is 6.92 Å². The maximum absolute atomic E-state index is 3.46. The predicted molar refractivity (Wildman–Crippen MR) is 58.9 cm³/mol. The fraction of sp³-hybridized carbons (Fsp3) is 0.333. The molecule has 0 radical (unpaired) electrons. The number of hydrogen-bond acceptors (Lipinski definition) is 1. The molecule has 0 unspecified atom stereocenters. The first-order chi connectivity index (χ1) is 5.24. The Balaban J connectivity index is 0.00000121. The molecule has 0 fully saturated rings. The van der Waals surface area contributed by atoms with E-state index in [0.717, 1.165) is 6.54 Å². The van der Waals surface area contributed by atoms with Gasteiger partial charge in [-0.15, -0.1) is 12.4 Å². The molecular weight excluding hydrogens is 237 g/mol. The fourth-order valence-electron chi connectivity index (χ4n) is 1.02. The summed E-state index contributed by atoms with van der Waals surface area (Å²) in [6.07, 6.45) is 0. The molecule has 3 heteroatoms. The molecule has 0 saturated heterocycles. The van der Waals surface area contributed by atoms with Crippen molar-refractivity contribution in [3.05, 3.63) is 33.8 Å². The van der Waals surface area contributed by atoms with Gasteiger partial charge in [0.15, 0.2) is 0 Å². The van der Waals surface area contributed by atoms with Crippen LogP contribution in [-0.2, 0) is 6.54 Å². The van der Waals surface area contributed by atoms with E-state index < -0.39 is 0 Å². The van der Waals surface area contributed by atoms with E-state index in [4.69, 9.17) is 0 Å². The second-order valence-corrected chi connectivity index (χ2v) is 3.47. The topological polar surface area (TPSA) is 12.0 Å². The highest BCUT2D eigenvalue weighted by atomic mass is 79.9. The molecule has 0 aromatic heterocycles. The van der Waals surface area contributed by atoms with E-state index in [1.165, 1.54) is 15.6 Å². The number of aryl methyl sites for hydroxylation is 1. The Labute approximate surface area is 88.1 Å². The molecule has 1 rings (SSSR count). The molecule has 0 aliphatic heterocycles. The van der Waals surface area contributed by atoms with Crippen molar-refractivity contribution < 1.29 is 0 Å². The van der Waals surface area contributed by atoms with Gasteiger partial charge in [0.05, 0.1) is 0 Å². The summed E-state index contributed by atoms with van der Waals surface area (Å²) in [7, 11) is 1.96. The average Bonchev–Trinajstić information content (AvgIpc) is 1.98. The molecule has 0 atom stereocenters. The quantitative estimate of drug-likeness (QED) is 0.851. The first-order valence-electron chi connectivity index (χ1n) is 3.63. The summed E-state index contributed by atoms with van der Waals surface area (Å²) in [4.78, 5) is 0. The van der Waals surface area contributed by atoms with Gasteiger partial charge in [-0.25, -0.2) is 0 Å². The van der Waals surface area contributed by atoms with Crippen molar-refractivity contribution in [2.24, 2.45) is 0 Å². The van der Waals surface area contributed by atoms with Gasteiger partial charge in [-0.2, -0.15) is 0 Å². The molecular formula is C9H13BrClN. The fourth-order valence-corrected chi connectivity index (χ4v) is 1.27. The van der Waals surface area contributed by atoms with Crippen molar-refractivity contribution in [2.45, 2.75) is 13.5 Å². The SMILES string of the molecule is CNCc1ccc(Br)c(C)c1.Cl. The predicted octanol–water partition coefficient (Wildman–Crippen LogP) is 2.90. The lowest BCUT2D eigenvalue weighted by atomic mass is 10.1. The summed E-state index contributed by atoms with van der Waals surface area (Å²) < 4.78 is 1.18. The molecule has 12 heavy (non-hydrogen) atoms. The molecule has 0 bridgehead atoms. The first kappa shape index (κ1) is 11.9. The summed E-state index contributed by atoms with van der Waals surface area (Å²) >= 11 is 3.46. The summed E-state index contributed by atoms with van der Waals surface area (Å²) in [5.74, 6) is 0. The average molecular weight is 251 g/mol. The van der Waals surface area contributed by atoms with Gasteiger partial charge in [-0.05, 0) is 31.2 Å². The Bertz CT molecular complexity index is 250. The van der Waals surface area contributed by atoms with Crippen molar-refractivity contribution in [3.63, 3.8) is 0 Å². The third kappa shape index (κ3) is 3.13. The highest BCUT2D eigenvalue weighted by Crippen LogP contribution is 2.16. The molecule has 0 amide bonds. The molecule has 1 N–H and O–H groups in total. The van der Waals surface area contributed by atoms with Gasteiger partial charge in [0.1, 0.15) is 0 Å². The largest absolute Gasteiger partial charge is 0.316 e. The zero-order valence-electron chi connectivity index (χ0n) is 7.23. The van der Waals surface area contributed by atoms with Crippen LogP contribution in [0.5, 0.6) is 0 Å². The van der Waals surface area contributed by atoms with Crippen molar-refractivity contribution in [3.8, 4) is 0 Å². The van der Waals surface area contributed by atoms with Crippen molar-refractivity contribution in [1.29, 1.82) is 0 Å². The van der Waals surface area contributed by atoms with Crippen molar-refractivity contribution in [1.82, 2.24) is 5.32 Å². The van der Waals surface area contributed by atoms with Crippen LogP contribution in [0.25, 0.3) is 0 Å². The molecule has 1 aromatic rings. The van der Waals surface area contributed by atoms with E-state index in [1.807, 2.05) is 7.05 Å². The Morgan fingerprint density at radius 1 is 1.42 bits per heavy atom. The Hall–Kier alpha value is -0.0500. The minimum Gasteiger partial charge on any atom is -0.316 e. The van der Waals surface area contributed by atoms with E-state index in [0.29, 0.717) is 0 Å². The number of rotatable bonds is 2. The number of benzene rings is 1. The minimum atomic E-state index is 0. The standard InChI is InChI=1S/C9H12BrN.ClH/c1-7-5-8(6-11-2)3-4-9(7)10;/h3-5,11H,6H2,1-2H3;1H. The maximum atomic E-state index is 3.46. The van der Waals surface area contributed by atoms with E-state index >= 15 is 0 Å². The molecule has 0 spiro atoms. The summed E-state index contributed by atoms with van der Waals surface area (Å²) in [6.45, 7) is 3.04. The van der Waals surface area contributed by atoms with Crippen LogP contribution in [0.3, 0.4) is 0 Å². The van der Waals surface area contributed by atoms with Crippen LogP contribution in [0.4, 0.5) is 0 Å². The summed E-state index contributed by atoms with van der Waals surface area (Å²) in [6, 6.07) is 6.39. The second-order valence-electron chi connectivity index (χ2n) is 2.61. The van der Waals surface area contributed by atoms with Crippen molar-refractivity contribution in [2.75, 3.05) is 7.05 Å². The highest BCUT2D eigenvalue weighted by Gasteiger charge is 1.94.